The Labute approximate surface area is 103 Å². The van der Waals surface area contributed by atoms with Gasteiger partial charge in [0.2, 0.25) is 0 Å². The minimum atomic E-state index is -0.0845. The third-order valence-corrected chi connectivity index (χ3v) is 2.73. The molecule has 0 saturated carbocycles. The van der Waals surface area contributed by atoms with E-state index in [4.69, 9.17) is 10.5 Å². The molecule has 1 amide bonds. The third-order valence-electron chi connectivity index (χ3n) is 2.11. The van der Waals surface area contributed by atoms with Crippen molar-refractivity contribution in [3.8, 4) is 5.75 Å². The monoisotopic (exact) mass is 286 g/mol. The predicted octanol–water partition coefficient (Wildman–Crippen LogP) is 1.37. The van der Waals surface area contributed by atoms with Crippen molar-refractivity contribution in [2.24, 2.45) is 5.73 Å². The molecule has 1 aromatic rings. The summed E-state index contributed by atoms with van der Waals surface area (Å²) in [6.07, 6.45) is 0. The average molecular weight is 287 g/mol. The number of amides is 1. The minimum absolute atomic E-state index is 0.0165. The fraction of sp³-hybridized carbons (Fsp3) is 0.364. The van der Waals surface area contributed by atoms with E-state index in [-0.39, 0.29) is 12.5 Å². The molecule has 1 aromatic carbocycles. The van der Waals surface area contributed by atoms with Gasteiger partial charge in [0.05, 0.1) is 4.47 Å². The molecule has 0 fully saturated rings. The molecular weight excluding hydrogens is 272 g/mol. The topological polar surface area (TPSA) is 55.6 Å². The van der Waals surface area contributed by atoms with Gasteiger partial charge in [-0.15, -0.1) is 0 Å². The van der Waals surface area contributed by atoms with Crippen molar-refractivity contribution in [3.63, 3.8) is 0 Å². The van der Waals surface area contributed by atoms with Crippen LogP contribution >= 0.6 is 15.9 Å². The molecule has 0 spiro atoms. The zero-order valence-electron chi connectivity index (χ0n) is 9.37. The molecule has 1 rings (SSSR count). The Morgan fingerprint density at radius 2 is 2.19 bits per heavy atom. The number of hydrogen-bond acceptors (Lipinski definition) is 3. The summed E-state index contributed by atoms with van der Waals surface area (Å²) < 4.78 is 6.27. The van der Waals surface area contributed by atoms with E-state index in [2.05, 4.69) is 15.9 Å². The van der Waals surface area contributed by atoms with Gasteiger partial charge in [0, 0.05) is 26.2 Å². The van der Waals surface area contributed by atoms with Crippen molar-refractivity contribution in [1.29, 1.82) is 0 Å². The van der Waals surface area contributed by atoms with Crippen LogP contribution in [0.25, 0.3) is 0 Å². The van der Waals surface area contributed by atoms with Crippen LogP contribution in [0.3, 0.4) is 0 Å². The van der Waals surface area contributed by atoms with Crippen LogP contribution in [0.4, 0.5) is 0 Å². The van der Waals surface area contributed by atoms with Crippen LogP contribution < -0.4 is 10.5 Å². The zero-order chi connectivity index (χ0) is 12.1. The Morgan fingerprint density at radius 3 is 2.75 bits per heavy atom. The number of nitrogens with two attached hydrogens (primary N) is 1. The van der Waals surface area contributed by atoms with Crippen LogP contribution in [0.15, 0.2) is 22.7 Å². The van der Waals surface area contributed by atoms with Crippen molar-refractivity contribution in [2.45, 2.75) is 6.54 Å². The number of rotatable bonds is 4. The number of carbonyl (C=O) groups is 1. The van der Waals surface area contributed by atoms with Gasteiger partial charge in [0.15, 0.2) is 6.61 Å². The van der Waals surface area contributed by atoms with Crippen LogP contribution in [0.1, 0.15) is 5.56 Å². The molecule has 0 unspecified atom stereocenters. The van der Waals surface area contributed by atoms with Crippen LogP contribution in [-0.2, 0) is 11.3 Å². The summed E-state index contributed by atoms with van der Waals surface area (Å²) in [4.78, 5) is 12.9. The SMILES string of the molecule is CN(C)C(=O)COc1c(Br)cccc1CN. The van der Waals surface area contributed by atoms with Crippen molar-refractivity contribution in [3.05, 3.63) is 28.2 Å². The Hall–Kier alpha value is -1.07. The Balaban J connectivity index is 2.76. The van der Waals surface area contributed by atoms with Gasteiger partial charge in [-0.2, -0.15) is 0 Å². The lowest BCUT2D eigenvalue weighted by atomic mass is 10.2. The first-order chi connectivity index (χ1) is 7.56. The lowest BCUT2D eigenvalue weighted by molar-refractivity contribution is -0.130. The molecule has 0 aliphatic carbocycles. The van der Waals surface area contributed by atoms with E-state index >= 15 is 0 Å². The Bertz CT molecular complexity index is 380. The van der Waals surface area contributed by atoms with E-state index in [0.29, 0.717) is 12.3 Å². The van der Waals surface area contributed by atoms with Crippen molar-refractivity contribution in [2.75, 3.05) is 20.7 Å². The maximum Gasteiger partial charge on any atom is 0.259 e. The van der Waals surface area contributed by atoms with Gasteiger partial charge in [-0.05, 0) is 22.0 Å². The summed E-state index contributed by atoms with van der Waals surface area (Å²) >= 11 is 3.37. The second-order valence-electron chi connectivity index (χ2n) is 3.51. The van der Waals surface area contributed by atoms with Crippen molar-refractivity contribution < 1.29 is 9.53 Å². The van der Waals surface area contributed by atoms with Crippen molar-refractivity contribution >= 4 is 21.8 Å². The largest absolute Gasteiger partial charge is 0.482 e. The van der Waals surface area contributed by atoms with Gasteiger partial charge in [0.25, 0.3) is 5.91 Å². The fourth-order valence-corrected chi connectivity index (χ4v) is 1.66. The van der Waals surface area contributed by atoms with E-state index in [1.54, 1.807) is 14.1 Å². The first kappa shape index (κ1) is 13.0. The van der Waals surface area contributed by atoms with E-state index in [9.17, 15) is 4.79 Å². The minimum Gasteiger partial charge on any atom is -0.482 e. The number of likely N-dealkylation sites (N-methyl/N-ethyl adjacent to an activating group) is 1. The highest BCUT2D eigenvalue weighted by Crippen LogP contribution is 2.28. The average Bonchev–Trinajstić information content (AvgIpc) is 2.26. The first-order valence-electron chi connectivity index (χ1n) is 4.86. The second-order valence-corrected chi connectivity index (χ2v) is 4.36. The highest BCUT2D eigenvalue weighted by atomic mass is 79.9. The second kappa shape index (κ2) is 5.86. The van der Waals surface area contributed by atoms with Gasteiger partial charge in [-0.25, -0.2) is 0 Å². The smallest absolute Gasteiger partial charge is 0.259 e. The summed E-state index contributed by atoms with van der Waals surface area (Å²) in [6.45, 7) is 0.396. The number of para-hydroxylation sites is 1. The molecule has 0 aliphatic heterocycles. The summed E-state index contributed by atoms with van der Waals surface area (Å²) in [7, 11) is 3.38. The Morgan fingerprint density at radius 1 is 1.50 bits per heavy atom. The molecule has 0 aliphatic rings. The van der Waals surface area contributed by atoms with Gasteiger partial charge in [-0.1, -0.05) is 12.1 Å². The maximum atomic E-state index is 11.4. The lowest BCUT2D eigenvalue weighted by Crippen LogP contribution is -2.27. The predicted molar refractivity (Wildman–Crippen MR) is 66.2 cm³/mol. The third kappa shape index (κ3) is 3.21. The lowest BCUT2D eigenvalue weighted by Gasteiger charge is -2.14. The normalized spacial score (nSPS) is 10.0. The molecule has 0 saturated heterocycles. The van der Waals surface area contributed by atoms with Gasteiger partial charge in [0.1, 0.15) is 5.75 Å². The van der Waals surface area contributed by atoms with Crippen molar-refractivity contribution in [1.82, 2.24) is 4.90 Å². The van der Waals surface area contributed by atoms with E-state index in [1.807, 2.05) is 18.2 Å². The maximum absolute atomic E-state index is 11.4. The zero-order valence-corrected chi connectivity index (χ0v) is 11.0. The van der Waals surface area contributed by atoms with E-state index < -0.39 is 0 Å². The summed E-state index contributed by atoms with van der Waals surface area (Å²) in [5, 5.41) is 0. The quantitative estimate of drug-likeness (QED) is 0.910. The number of halogens is 1. The molecule has 0 heterocycles. The molecule has 16 heavy (non-hydrogen) atoms. The molecule has 2 N–H and O–H groups in total. The molecular formula is C11H15BrN2O2. The van der Waals surface area contributed by atoms with Gasteiger partial charge < -0.3 is 15.4 Å². The van der Waals surface area contributed by atoms with Gasteiger partial charge in [-0.3, -0.25) is 4.79 Å². The van der Waals surface area contributed by atoms with E-state index in [1.165, 1.54) is 4.90 Å². The summed E-state index contributed by atoms with van der Waals surface area (Å²) in [5.41, 5.74) is 6.47. The van der Waals surface area contributed by atoms with Crippen LogP contribution in [-0.4, -0.2) is 31.5 Å². The molecule has 88 valence electrons. The standard InChI is InChI=1S/C11H15BrN2O2/c1-14(2)10(15)7-16-11-8(6-13)4-3-5-9(11)12/h3-5H,6-7,13H2,1-2H3. The molecule has 0 aromatic heterocycles. The van der Waals surface area contributed by atoms with Crippen LogP contribution in [0.5, 0.6) is 5.75 Å². The van der Waals surface area contributed by atoms with Gasteiger partial charge >= 0.3 is 0 Å². The highest BCUT2D eigenvalue weighted by Gasteiger charge is 2.10. The number of benzene rings is 1. The number of carbonyl (C=O) groups excluding carboxylic acids is 1. The molecule has 0 bridgehead atoms. The van der Waals surface area contributed by atoms with Crippen LogP contribution in [0, 0.1) is 0 Å². The molecule has 4 nitrogen and oxygen atoms in total. The number of hydrogen-bond donors (Lipinski definition) is 1. The number of ether oxygens (including phenoxy) is 1. The number of nitrogens with zero attached hydrogens (tertiary/aromatic N) is 1. The molecule has 0 radical (unpaired) electrons. The molecule has 0 atom stereocenters. The molecule has 5 heteroatoms. The van der Waals surface area contributed by atoms with Crippen LogP contribution in [0.2, 0.25) is 0 Å². The highest BCUT2D eigenvalue weighted by molar-refractivity contribution is 9.10. The van der Waals surface area contributed by atoms with E-state index in [0.717, 1.165) is 10.0 Å². The summed E-state index contributed by atoms with van der Waals surface area (Å²) in [5.74, 6) is 0.555. The first-order valence-corrected chi connectivity index (χ1v) is 5.66. The summed E-state index contributed by atoms with van der Waals surface area (Å²) in [6, 6.07) is 5.61. The Kier molecular flexibility index (Phi) is 4.76. The fourth-order valence-electron chi connectivity index (χ4n) is 1.14.